The van der Waals surface area contributed by atoms with Gasteiger partial charge < -0.3 is 9.64 Å². The minimum absolute atomic E-state index is 0.410. The number of hydrogen-bond donors (Lipinski definition) is 0. The third kappa shape index (κ3) is 2.82. The molecule has 5 heteroatoms. The van der Waals surface area contributed by atoms with Gasteiger partial charge in [0.15, 0.2) is 5.65 Å². The Morgan fingerprint density at radius 3 is 2.54 bits per heavy atom. The molecule has 3 aromatic rings. The molecule has 0 amide bonds. The van der Waals surface area contributed by atoms with Gasteiger partial charge in [-0.15, -0.1) is 0 Å². The van der Waals surface area contributed by atoms with E-state index in [2.05, 4.69) is 27.0 Å². The molecule has 0 saturated carbocycles. The van der Waals surface area contributed by atoms with Crippen LogP contribution in [0, 0.1) is 5.41 Å². The number of fused-ring (bicyclic) bond motifs is 1. The number of anilines is 1. The fourth-order valence-electron chi connectivity index (χ4n) is 4.07. The molecule has 0 aliphatic carbocycles. The molecule has 4 heterocycles. The monoisotopic (exact) mass is 346 g/mol. The molecule has 1 aromatic carbocycles. The Hall–Kier alpha value is -2.53. The van der Waals surface area contributed by atoms with Gasteiger partial charge in [-0.25, -0.2) is 15.0 Å². The molecule has 5 nitrogen and oxygen atoms in total. The topological polar surface area (TPSA) is 51.1 Å². The fraction of sp³-hybridized carbons (Fsp3) is 0.381. The van der Waals surface area contributed by atoms with Crippen molar-refractivity contribution in [2.24, 2.45) is 5.41 Å². The van der Waals surface area contributed by atoms with Crippen LogP contribution in [0.4, 0.5) is 5.82 Å². The average Bonchev–Trinajstić information content (AvgIpc) is 3.16. The van der Waals surface area contributed by atoms with E-state index < -0.39 is 0 Å². The molecule has 5 rings (SSSR count). The van der Waals surface area contributed by atoms with Crippen molar-refractivity contribution < 1.29 is 4.74 Å². The summed E-state index contributed by atoms with van der Waals surface area (Å²) in [6.07, 6.45) is 5.43. The predicted octanol–water partition coefficient (Wildman–Crippen LogP) is 3.70. The maximum atomic E-state index is 5.63. The minimum Gasteiger partial charge on any atom is -0.381 e. The zero-order valence-electron chi connectivity index (χ0n) is 14.8. The lowest BCUT2D eigenvalue weighted by Gasteiger charge is -2.38. The fourth-order valence-corrected chi connectivity index (χ4v) is 4.07. The number of aromatic nitrogens is 3. The van der Waals surface area contributed by atoms with Gasteiger partial charge in [0.1, 0.15) is 11.3 Å². The molecule has 2 aliphatic heterocycles. The summed E-state index contributed by atoms with van der Waals surface area (Å²) in [6, 6.07) is 14.2. The Labute approximate surface area is 153 Å². The van der Waals surface area contributed by atoms with Crippen LogP contribution in [0.25, 0.3) is 22.4 Å². The Kier molecular flexibility index (Phi) is 3.82. The summed E-state index contributed by atoms with van der Waals surface area (Å²) in [5.74, 6) is 0.959. The highest BCUT2D eigenvalue weighted by molar-refractivity contribution is 5.75. The van der Waals surface area contributed by atoms with Crippen LogP contribution in [-0.4, -0.2) is 41.3 Å². The van der Waals surface area contributed by atoms with Crippen LogP contribution in [-0.2, 0) is 4.74 Å². The van der Waals surface area contributed by atoms with Gasteiger partial charge in [0.2, 0.25) is 0 Å². The summed E-state index contributed by atoms with van der Waals surface area (Å²) in [7, 11) is 0. The lowest BCUT2D eigenvalue weighted by molar-refractivity contribution is 0.133. The largest absolute Gasteiger partial charge is 0.381 e. The van der Waals surface area contributed by atoms with Crippen LogP contribution in [0.5, 0.6) is 0 Å². The van der Waals surface area contributed by atoms with Crippen LogP contribution < -0.4 is 4.90 Å². The van der Waals surface area contributed by atoms with E-state index in [1.807, 2.05) is 36.5 Å². The molecule has 0 bridgehead atoms. The summed E-state index contributed by atoms with van der Waals surface area (Å²) in [5.41, 5.74) is 3.99. The van der Waals surface area contributed by atoms with Gasteiger partial charge in [0.05, 0.1) is 18.5 Å². The second kappa shape index (κ2) is 6.32. The van der Waals surface area contributed by atoms with Crippen molar-refractivity contribution in [3.05, 3.63) is 48.7 Å². The number of nitrogens with zero attached hydrogens (tertiary/aromatic N) is 4. The van der Waals surface area contributed by atoms with Crippen molar-refractivity contribution in [3.63, 3.8) is 0 Å². The molecule has 2 saturated heterocycles. The van der Waals surface area contributed by atoms with Crippen LogP contribution in [0.3, 0.4) is 0 Å². The van der Waals surface area contributed by atoms with Gasteiger partial charge in [-0.05, 0) is 36.8 Å². The molecule has 0 radical (unpaired) electrons. The van der Waals surface area contributed by atoms with Crippen molar-refractivity contribution in [1.82, 2.24) is 15.0 Å². The minimum atomic E-state index is 0.410. The van der Waals surface area contributed by atoms with Crippen LogP contribution in [0.2, 0.25) is 0 Å². The molecular weight excluding hydrogens is 324 g/mol. The van der Waals surface area contributed by atoms with E-state index in [9.17, 15) is 0 Å². The van der Waals surface area contributed by atoms with Crippen LogP contribution >= 0.6 is 0 Å². The number of pyridine rings is 1. The number of rotatable bonds is 2. The first-order valence-electron chi connectivity index (χ1n) is 9.33. The standard InChI is InChI=1S/C21H22N4O/c1-2-4-16(5-3-1)17-6-7-18-20(24-17)22-14-19(23-18)25-11-8-21(9-12-25)10-13-26-15-21/h1-7,14H,8-13,15H2. The van der Waals surface area contributed by atoms with Gasteiger partial charge in [0, 0.05) is 25.3 Å². The maximum Gasteiger partial charge on any atom is 0.178 e. The lowest BCUT2D eigenvalue weighted by Crippen LogP contribution is -2.40. The number of ether oxygens (including phenoxy) is 1. The van der Waals surface area contributed by atoms with Crippen molar-refractivity contribution in [1.29, 1.82) is 0 Å². The molecule has 2 aliphatic rings. The highest BCUT2D eigenvalue weighted by Gasteiger charge is 2.38. The summed E-state index contributed by atoms with van der Waals surface area (Å²) in [6.45, 7) is 3.90. The molecule has 1 spiro atoms. The SMILES string of the molecule is c1ccc(-c2ccc3nc(N4CCC5(CCOC5)CC4)cnc3n2)cc1. The zero-order valence-corrected chi connectivity index (χ0v) is 14.8. The molecule has 26 heavy (non-hydrogen) atoms. The van der Waals surface area contributed by atoms with Crippen molar-refractivity contribution >= 4 is 17.0 Å². The van der Waals surface area contributed by atoms with Crippen molar-refractivity contribution in [2.75, 3.05) is 31.2 Å². The molecule has 0 atom stereocenters. The molecular formula is C21H22N4O. The summed E-state index contributed by atoms with van der Waals surface area (Å²) >= 11 is 0. The highest BCUT2D eigenvalue weighted by atomic mass is 16.5. The third-order valence-corrected chi connectivity index (χ3v) is 5.79. The summed E-state index contributed by atoms with van der Waals surface area (Å²) in [5, 5.41) is 0. The molecule has 0 N–H and O–H groups in total. The predicted molar refractivity (Wildman–Crippen MR) is 102 cm³/mol. The van der Waals surface area contributed by atoms with E-state index in [1.165, 1.54) is 19.3 Å². The second-order valence-electron chi connectivity index (χ2n) is 7.42. The van der Waals surface area contributed by atoms with Gasteiger partial charge in [-0.1, -0.05) is 30.3 Å². The summed E-state index contributed by atoms with van der Waals surface area (Å²) in [4.78, 5) is 16.4. The maximum absolute atomic E-state index is 5.63. The van der Waals surface area contributed by atoms with Crippen LogP contribution in [0.1, 0.15) is 19.3 Å². The number of hydrogen-bond acceptors (Lipinski definition) is 5. The Morgan fingerprint density at radius 2 is 1.77 bits per heavy atom. The first-order chi connectivity index (χ1) is 12.8. The van der Waals surface area contributed by atoms with E-state index in [4.69, 9.17) is 9.72 Å². The number of benzene rings is 1. The average molecular weight is 346 g/mol. The smallest absolute Gasteiger partial charge is 0.178 e. The lowest BCUT2D eigenvalue weighted by atomic mass is 9.78. The molecule has 2 fully saturated rings. The van der Waals surface area contributed by atoms with E-state index >= 15 is 0 Å². The first-order valence-corrected chi connectivity index (χ1v) is 9.33. The normalized spacial score (nSPS) is 19.3. The Morgan fingerprint density at radius 1 is 0.923 bits per heavy atom. The van der Waals surface area contributed by atoms with Crippen LogP contribution in [0.15, 0.2) is 48.7 Å². The first kappa shape index (κ1) is 15.7. The third-order valence-electron chi connectivity index (χ3n) is 5.79. The number of piperidine rings is 1. The quantitative estimate of drug-likeness (QED) is 0.708. The Balaban J connectivity index is 1.39. The molecule has 2 aromatic heterocycles. The van der Waals surface area contributed by atoms with E-state index in [-0.39, 0.29) is 0 Å². The highest BCUT2D eigenvalue weighted by Crippen LogP contribution is 2.39. The summed E-state index contributed by atoms with van der Waals surface area (Å²) < 4.78 is 5.63. The molecule has 0 unspecified atom stereocenters. The van der Waals surface area contributed by atoms with E-state index in [1.54, 1.807) is 0 Å². The van der Waals surface area contributed by atoms with Crippen molar-refractivity contribution in [2.45, 2.75) is 19.3 Å². The van der Waals surface area contributed by atoms with E-state index in [0.29, 0.717) is 11.1 Å². The zero-order chi connectivity index (χ0) is 17.4. The van der Waals surface area contributed by atoms with Gasteiger partial charge >= 0.3 is 0 Å². The van der Waals surface area contributed by atoms with Crippen molar-refractivity contribution in [3.8, 4) is 11.3 Å². The Bertz CT molecular complexity index is 912. The molecule has 132 valence electrons. The second-order valence-corrected chi connectivity index (χ2v) is 7.42. The van der Waals surface area contributed by atoms with Gasteiger partial charge in [0.25, 0.3) is 0 Å². The van der Waals surface area contributed by atoms with E-state index in [0.717, 1.165) is 48.9 Å². The van der Waals surface area contributed by atoms with Gasteiger partial charge in [-0.3, -0.25) is 0 Å². The van der Waals surface area contributed by atoms with Gasteiger partial charge in [-0.2, -0.15) is 0 Å².